The molecule has 0 bridgehead atoms. The Hall–Kier alpha value is 1.37. The minimum Gasteiger partial charge on any atom is -0.437 e. The maximum absolute atomic E-state index is 7.34. The van der Waals surface area contributed by atoms with E-state index in [0.29, 0.717) is 0 Å². The van der Waals surface area contributed by atoms with Gasteiger partial charge < -0.3 is 33.5 Å². The highest BCUT2D eigenvalue weighted by Crippen LogP contribution is 2.37. The smallest absolute Gasteiger partial charge is 0.343 e. The lowest BCUT2D eigenvalue weighted by Crippen LogP contribution is -2.63. The van der Waals surface area contributed by atoms with Crippen molar-refractivity contribution in [1.82, 2.24) is 0 Å². The topological polar surface area (TPSA) is 73.8 Å². The summed E-state index contributed by atoms with van der Waals surface area (Å²) in [7, 11) is -17.6. The molecule has 45 heavy (non-hydrogen) atoms. The van der Waals surface area contributed by atoms with Crippen LogP contribution in [0.5, 0.6) is 0 Å². The molecule has 0 aromatic heterocycles. The molecule has 0 radical (unpaired) electrons. The molecule has 0 saturated heterocycles. The lowest BCUT2D eigenvalue weighted by molar-refractivity contribution is 0.247. The fourth-order valence-corrected chi connectivity index (χ4v) is 48.8. The average molecular weight is 792 g/mol. The van der Waals surface area contributed by atoms with Gasteiger partial charge in [-0.15, -0.1) is 6.58 Å². The highest BCUT2D eigenvalue weighted by molar-refractivity contribution is 6.94. The fraction of sp³-hybridized carbons (Fsp3) is 0.929. The summed E-state index contributed by atoms with van der Waals surface area (Å²) >= 11 is 0. The monoisotopic (exact) mass is 790 g/mol. The molecule has 0 aromatic carbocycles. The molecular weight excluding hydrogens is 717 g/mol. The van der Waals surface area contributed by atoms with Crippen LogP contribution in [0.1, 0.15) is 20.8 Å². The Morgan fingerprint density at radius 2 is 0.800 bits per heavy atom. The van der Waals surface area contributed by atoms with E-state index in [1.807, 2.05) is 5.70 Å². The Morgan fingerprint density at radius 1 is 0.444 bits per heavy atom. The van der Waals surface area contributed by atoms with Gasteiger partial charge in [0, 0.05) is 14.2 Å². The molecule has 0 amide bonds. The Bertz CT molecular complexity index is 899. The van der Waals surface area contributed by atoms with E-state index in [1.165, 1.54) is 24.2 Å². The van der Waals surface area contributed by atoms with Crippen LogP contribution in [0.25, 0.3) is 0 Å². The normalized spacial score (nSPS) is 18.3. The van der Waals surface area contributed by atoms with Gasteiger partial charge in [0.25, 0.3) is 0 Å². The van der Waals surface area contributed by atoms with Gasteiger partial charge in [0.05, 0.1) is 8.07 Å². The summed E-state index contributed by atoms with van der Waals surface area (Å²) in [6.07, 6.45) is 0. The molecule has 270 valence electrons. The third kappa shape index (κ3) is 17.7. The maximum Gasteiger partial charge on any atom is 0.343 e. The molecule has 0 rings (SSSR count). The standard InChI is InChI=1S/C28H74O8Si9/c1-21-41(17,35-43(19,32-38(10,11)12)26-25-42(18,29-5)30-6)36-44(20,27-28-45(22-2,23-3)24-4)34-40(15,16)33-39(13,14)31-37(7,8)9/h21H,1,22-28H2,2-20H3. The van der Waals surface area contributed by atoms with E-state index >= 15 is 0 Å². The summed E-state index contributed by atoms with van der Waals surface area (Å²) in [4.78, 5) is 0. The van der Waals surface area contributed by atoms with Crippen molar-refractivity contribution < 1.29 is 33.5 Å². The van der Waals surface area contributed by atoms with Gasteiger partial charge in [-0.3, -0.25) is 0 Å². The summed E-state index contributed by atoms with van der Waals surface area (Å²) in [5.74, 6) is 0. The summed E-state index contributed by atoms with van der Waals surface area (Å²) in [5, 5.41) is 0. The van der Waals surface area contributed by atoms with Crippen LogP contribution in [0.3, 0.4) is 0 Å². The van der Waals surface area contributed by atoms with Crippen molar-refractivity contribution in [3.05, 3.63) is 12.3 Å². The fourth-order valence-electron chi connectivity index (χ4n) is 6.26. The van der Waals surface area contributed by atoms with Gasteiger partial charge in [-0.05, 0) is 110 Å². The Labute approximate surface area is 289 Å². The Kier molecular flexibility index (Phi) is 18.1. The summed E-state index contributed by atoms with van der Waals surface area (Å²) in [5.41, 5.74) is 1.94. The van der Waals surface area contributed by atoms with Crippen molar-refractivity contribution in [3.63, 3.8) is 0 Å². The lowest BCUT2D eigenvalue weighted by Gasteiger charge is -2.46. The van der Waals surface area contributed by atoms with Crippen LogP contribution in [0.2, 0.25) is 134 Å². The molecule has 3 unspecified atom stereocenters. The van der Waals surface area contributed by atoms with E-state index in [1.54, 1.807) is 14.2 Å². The van der Waals surface area contributed by atoms with Crippen molar-refractivity contribution in [3.8, 4) is 0 Å². The van der Waals surface area contributed by atoms with Crippen LogP contribution in [-0.2, 0) is 33.5 Å². The van der Waals surface area contributed by atoms with Crippen LogP contribution >= 0.6 is 0 Å². The van der Waals surface area contributed by atoms with E-state index in [2.05, 4.69) is 119 Å². The molecule has 0 aliphatic heterocycles. The van der Waals surface area contributed by atoms with Crippen LogP contribution in [0.15, 0.2) is 12.3 Å². The molecule has 8 nitrogen and oxygen atoms in total. The minimum atomic E-state index is -2.97. The van der Waals surface area contributed by atoms with Crippen LogP contribution < -0.4 is 0 Å². The quantitative estimate of drug-likeness (QED) is 0.0896. The second-order valence-electron chi connectivity index (χ2n) is 16.2. The summed E-state index contributed by atoms with van der Waals surface area (Å²) < 4.78 is 53.9. The molecule has 0 heterocycles. The highest BCUT2D eigenvalue weighted by atomic mass is 28.5. The number of rotatable bonds is 24. The first-order valence-electron chi connectivity index (χ1n) is 17.0. The molecule has 17 heteroatoms. The van der Waals surface area contributed by atoms with Gasteiger partial charge in [-0.1, -0.05) is 50.6 Å². The summed E-state index contributed by atoms with van der Waals surface area (Å²) in [6, 6.07) is 7.50. The van der Waals surface area contributed by atoms with Crippen molar-refractivity contribution >= 4 is 76.1 Å². The van der Waals surface area contributed by atoms with E-state index in [9.17, 15) is 0 Å². The number of hydrogen-bond donors (Lipinski definition) is 0. The Balaban J connectivity index is 6.67. The molecule has 0 N–H and O–H groups in total. The first-order chi connectivity index (χ1) is 20.0. The molecule has 0 saturated carbocycles. The number of hydrogen-bond acceptors (Lipinski definition) is 8. The first kappa shape index (κ1) is 46.4. The van der Waals surface area contributed by atoms with Gasteiger partial charge in [0.1, 0.15) is 0 Å². The highest BCUT2D eigenvalue weighted by Gasteiger charge is 2.52. The van der Waals surface area contributed by atoms with Gasteiger partial charge in [-0.2, -0.15) is 0 Å². The van der Waals surface area contributed by atoms with Crippen LogP contribution in [0, 0.1) is 0 Å². The second-order valence-corrected chi connectivity index (χ2v) is 52.4. The van der Waals surface area contributed by atoms with Crippen molar-refractivity contribution in [2.24, 2.45) is 0 Å². The molecule has 0 fully saturated rings. The predicted molar refractivity (Wildman–Crippen MR) is 215 cm³/mol. The lowest BCUT2D eigenvalue weighted by atomic mass is 10.9. The zero-order chi connectivity index (χ0) is 35.8. The van der Waals surface area contributed by atoms with Crippen molar-refractivity contribution in [2.75, 3.05) is 14.2 Å². The van der Waals surface area contributed by atoms with Crippen molar-refractivity contribution in [1.29, 1.82) is 0 Å². The van der Waals surface area contributed by atoms with Crippen molar-refractivity contribution in [2.45, 2.75) is 155 Å². The molecule has 0 aromatic rings. The zero-order valence-electron chi connectivity index (χ0n) is 33.0. The molecule has 3 atom stereocenters. The average Bonchev–Trinajstić information content (AvgIpc) is 2.84. The molecule has 0 aliphatic carbocycles. The van der Waals surface area contributed by atoms with Gasteiger partial charge in [0.2, 0.25) is 0 Å². The summed E-state index contributed by atoms with van der Waals surface area (Å²) in [6.45, 7) is 42.0. The Morgan fingerprint density at radius 3 is 1.16 bits per heavy atom. The second kappa shape index (κ2) is 17.5. The van der Waals surface area contributed by atoms with Crippen LogP contribution in [-0.4, -0.2) is 90.3 Å². The van der Waals surface area contributed by atoms with E-state index in [0.717, 1.165) is 18.1 Å². The van der Waals surface area contributed by atoms with E-state index in [4.69, 9.17) is 33.5 Å². The molecule has 0 spiro atoms. The third-order valence-electron chi connectivity index (χ3n) is 8.49. The van der Waals surface area contributed by atoms with Crippen LogP contribution in [0.4, 0.5) is 0 Å². The SMILES string of the molecule is C=C[Si](C)(O[Si](C)(CC[Si](C)(OC)OC)O[Si](C)(C)C)O[Si](C)(CC[Si](CC)(CC)CC)O[Si](C)(C)O[Si](C)(C)O[Si](C)(C)C. The first-order valence-corrected chi connectivity index (χ1v) is 42.2. The largest absolute Gasteiger partial charge is 0.437 e. The molecular formula is C28H74O8Si9. The van der Waals surface area contributed by atoms with Gasteiger partial charge in [0.15, 0.2) is 16.6 Å². The van der Waals surface area contributed by atoms with Gasteiger partial charge in [-0.25, -0.2) is 0 Å². The van der Waals surface area contributed by atoms with E-state index in [-0.39, 0.29) is 0 Å². The maximum atomic E-state index is 7.34. The third-order valence-corrected chi connectivity index (χ3v) is 44.2. The predicted octanol–water partition coefficient (Wildman–Crippen LogP) is 9.97. The minimum absolute atomic E-state index is 0.773. The van der Waals surface area contributed by atoms with Gasteiger partial charge >= 0.3 is 51.4 Å². The molecule has 0 aliphatic rings. The van der Waals surface area contributed by atoms with E-state index < -0.39 is 76.1 Å². The zero-order valence-corrected chi connectivity index (χ0v) is 42.0.